The second-order valence-electron chi connectivity index (χ2n) is 4.09. The van der Waals surface area contributed by atoms with Gasteiger partial charge in [0.05, 0.1) is 13.7 Å². The molecular weight excluding hydrogens is 362 g/mol. The molecule has 0 unspecified atom stereocenters. The minimum absolute atomic E-state index is 0.0180. The average Bonchev–Trinajstić information content (AvgIpc) is 2.88. The van der Waals surface area contributed by atoms with Crippen molar-refractivity contribution in [2.45, 2.75) is 18.0 Å². The molecule has 0 amide bonds. The summed E-state index contributed by atoms with van der Waals surface area (Å²) in [5.74, 6) is 0.847. The van der Waals surface area contributed by atoms with Crippen molar-refractivity contribution in [3.8, 4) is 5.88 Å². The fraction of sp³-hybridized carbons (Fsp3) is 0.250. The molecule has 2 heterocycles. The fourth-order valence-corrected chi connectivity index (χ4v) is 3.59. The first-order valence-corrected chi connectivity index (χ1v) is 8.20. The highest BCUT2D eigenvalue weighted by Gasteiger charge is 2.21. The van der Waals surface area contributed by atoms with Gasteiger partial charge in [-0.05, 0) is 21.5 Å². The Morgan fingerprint density at radius 3 is 2.76 bits per heavy atom. The van der Waals surface area contributed by atoms with Crippen LogP contribution in [0.5, 0.6) is 5.88 Å². The van der Waals surface area contributed by atoms with Crippen LogP contribution in [0, 0.1) is 0 Å². The number of ether oxygens (including phenoxy) is 1. The maximum absolute atomic E-state index is 12.2. The van der Waals surface area contributed by atoms with Gasteiger partial charge in [-0.1, -0.05) is 6.07 Å². The summed E-state index contributed by atoms with van der Waals surface area (Å²) >= 11 is 3.07. The van der Waals surface area contributed by atoms with Crippen LogP contribution >= 0.6 is 15.9 Å². The number of furan rings is 1. The van der Waals surface area contributed by atoms with Gasteiger partial charge >= 0.3 is 0 Å². The number of hydrogen-bond acceptors (Lipinski definition) is 6. The minimum atomic E-state index is -3.70. The summed E-state index contributed by atoms with van der Waals surface area (Å²) in [6.45, 7) is 0.228. The Hall–Kier alpha value is -1.42. The Kier molecular flexibility index (Phi) is 4.99. The van der Waals surface area contributed by atoms with Crippen LogP contribution < -0.4 is 15.2 Å². The van der Waals surface area contributed by atoms with Crippen LogP contribution in [0.15, 0.2) is 38.4 Å². The molecule has 2 rings (SSSR count). The van der Waals surface area contributed by atoms with Gasteiger partial charge in [0.1, 0.15) is 10.7 Å². The molecule has 0 fully saturated rings. The van der Waals surface area contributed by atoms with Gasteiger partial charge in [-0.15, -0.1) is 0 Å². The molecule has 9 heteroatoms. The number of methoxy groups -OCH3 is 1. The SMILES string of the molecule is COc1ccc(CNS(=O)(=O)c2cc(CN)oc2Br)cn1. The zero-order chi connectivity index (χ0) is 15.5. The van der Waals surface area contributed by atoms with E-state index in [0.717, 1.165) is 0 Å². The molecule has 0 aliphatic heterocycles. The Labute approximate surface area is 130 Å². The fourth-order valence-electron chi connectivity index (χ4n) is 1.57. The summed E-state index contributed by atoms with van der Waals surface area (Å²) < 4.78 is 37.1. The van der Waals surface area contributed by atoms with Crippen molar-refractivity contribution in [1.82, 2.24) is 9.71 Å². The molecule has 114 valence electrons. The maximum atomic E-state index is 12.2. The second-order valence-corrected chi connectivity index (χ2v) is 6.54. The third kappa shape index (κ3) is 3.82. The Morgan fingerprint density at radius 2 is 2.24 bits per heavy atom. The van der Waals surface area contributed by atoms with Crippen molar-refractivity contribution < 1.29 is 17.6 Å². The van der Waals surface area contributed by atoms with Crippen molar-refractivity contribution in [1.29, 1.82) is 0 Å². The van der Waals surface area contributed by atoms with Crippen LogP contribution in [0.3, 0.4) is 0 Å². The quantitative estimate of drug-likeness (QED) is 0.789. The van der Waals surface area contributed by atoms with Gasteiger partial charge in [-0.3, -0.25) is 0 Å². The third-order valence-corrected chi connectivity index (χ3v) is 4.93. The first-order valence-electron chi connectivity index (χ1n) is 5.93. The molecule has 0 atom stereocenters. The van der Waals surface area contributed by atoms with Crippen molar-refractivity contribution >= 4 is 26.0 Å². The van der Waals surface area contributed by atoms with E-state index in [1.807, 2.05) is 0 Å². The van der Waals surface area contributed by atoms with E-state index in [0.29, 0.717) is 17.2 Å². The first-order chi connectivity index (χ1) is 9.96. The highest BCUT2D eigenvalue weighted by atomic mass is 79.9. The predicted molar refractivity (Wildman–Crippen MR) is 79.1 cm³/mol. The number of nitrogens with one attached hydrogen (secondary N) is 1. The molecule has 0 aromatic carbocycles. The van der Waals surface area contributed by atoms with Gasteiger partial charge in [0.2, 0.25) is 15.9 Å². The Balaban J connectivity index is 2.11. The van der Waals surface area contributed by atoms with Crippen LogP contribution in [0.4, 0.5) is 0 Å². The number of hydrogen-bond donors (Lipinski definition) is 2. The Bertz CT molecular complexity index is 713. The van der Waals surface area contributed by atoms with Crippen LogP contribution in [-0.2, 0) is 23.1 Å². The largest absolute Gasteiger partial charge is 0.481 e. The predicted octanol–water partition coefficient (Wildman–Crippen LogP) is 1.38. The molecule has 0 spiro atoms. The lowest BCUT2D eigenvalue weighted by molar-refractivity contribution is 0.397. The second kappa shape index (κ2) is 6.56. The van der Waals surface area contributed by atoms with Crippen molar-refractivity contribution in [2.24, 2.45) is 5.73 Å². The number of pyridine rings is 1. The normalized spacial score (nSPS) is 11.6. The Morgan fingerprint density at radius 1 is 1.48 bits per heavy atom. The van der Waals surface area contributed by atoms with E-state index in [1.54, 1.807) is 12.1 Å². The number of nitrogens with zero attached hydrogens (tertiary/aromatic N) is 1. The maximum Gasteiger partial charge on any atom is 0.245 e. The van der Waals surface area contributed by atoms with Crippen LogP contribution in [0.2, 0.25) is 0 Å². The van der Waals surface area contributed by atoms with Gasteiger partial charge < -0.3 is 14.9 Å². The third-order valence-electron chi connectivity index (χ3n) is 2.67. The summed E-state index contributed by atoms with van der Waals surface area (Å²) in [6.07, 6.45) is 1.54. The lowest BCUT2D eigenvalue weighted by atomic mass is 10.3. The van der Waals surface area contributed by atoms with E-state index in [1.165, 1.54) is 19.4 Å². The molecule has 0 radical (unpaired) electrons. The molecule has 0 saturated carbocycles. The van der Waals surface area contributed by atoms with Crippen LogP contribution in [-0.4, -0.2) is 20.5 Å². The van der Waals surface area contributed by atoms with E-state index >= 15 is 0 Å². The molecule has 3 N–H and O–H groups in total. The van der Waals surface area contributed by atoms with E-state index in [2.05, 4.69) is 25.6 Å². The molecule has 7 nitrogen and oxygen atoms in total. The van der Waals surface area contributed by atoms with E-state index in [-0.39, 0.29) is 22.7 Å². The first kappa shape index (κ1) is 16.0. The van der Waals surface area contributed by atoms with Gasteiger partial charge in [0, 0.05) is 24.9 Å². The molecule has 0 aliphatic rings. The topological polar surface area (TPSA) is 107 Å². The van der Waals surface area contributed by atoms with Crippen LogP contribution in [0.1, 0.15) is 11.3 Å². The van der Waals surface area contributed by atoms with Crippen LogP contribution in [0.25, 0.3) is 0 Å². The smallest absolute Gasteiger partial charge is 0.245 e. The molecular formula is C12H14BrN3O4S. The monoisotopic (exact) mass is 375 g/mol. The summed E-state index contributed by atoms with van der Waals surface area (Å²) in [5, 5.41) is 0. The summed E-state index contributed by atoms with van der Waals surface area (Å²) in [4.78, 5) is 4.02. The standard InChI is InChI=1S/C12H14BrN3O4S/c1-19-11-3-2-8(6-15-11)7-16-21(17,18)10-4-9(5-14)20-12(10)13/h2-4,6,16H,5,7,14H2,1H3. The minimum Gasteiger partial charge on any atom is -0.481 e. The van der Waals surface area contributed by atoms with Crippen molar-refractivity contribution in [3.63, 3.8) is 0 Å². The van der Waals surface area contributed by atoms with E-state index in [4.69, 9.17) is 14.9 Å². The molecule has 21 heavy (non-hydrogen) atoms. The highest BCUT2D eigenvalue weighted by molar-refractivity contribution is 9.10. The number of halogens is 1. The van der Waals surface area contributed by atoms with Gasteiger partial charge in [-0.25, -0.2) is 18.1 Å². The molecule has 2 aromatic rings. The molecule has 0 bridgehead atoms. The van der Waals surface area contributed by atoms with E-state index < -0.39 is 10.0 Å². The number of rotatable bonds is 6. The summed E-state index contributed by atoms with van der Waals surface area (Å²) in [5.41, 5.74) is 6.12. The number of nitrogens with two attached hydrogens (primary N) is 1. The molecule has 0 saturated heterocycles. The lowest BCUT2D eigenvalue weighted by Crippen LogP contribution is -2.23. The van der Waals surface area contributed by atoms with Crippen molar-refractivity contribution in [3.05, 3.63) is 40.4 Å². The lowest BCUT2D eigenvalue weighted by Gasteiger charge is -2.05. The van der Waals surface area contributed by atoms with Gasteiger partial charge in [-0.2, -0.15) is 0 Å². The number of sulfonamides is 1. The van der Waals surface area contributed by atoms with Crippen molar-refractivity contribution in [2.75, 3.05) is 7.11 Å². The molecule has 2 aromatic heterocycles. The summed E-state index contributed by atoms with van der Waals surface area (Å²) in [6, 6.07) is 4.77. The zero-order valence-electron chi connectivity index (χ0n) is 11.2. The summed E-state index contributed by atoms with van der Waals surface area (Å²) in [7, 11) is -2.19. The van der Waals surface area contributed by atoms with Gasteiger partial charge in [0.15, 0.2) is 4.67 Å². The molecule has 0 aliphatic carbocycles. The van der Waals surface area contributed by atoms with E-state index in [9.17, 15) is 8.42 Å². The average molecular weight is 376 g/mol. The highest BCUT2D eigenvalue weighted by Crippen LogP contribution is 2.25. The van der Waals surface area contributed by atoms with Gasteiger partial charge in [0.25, 0.3) is 0 Å². The number of aromatic nitrogens is 1. The zero-order valence-corrected chi connectivity index (χ0v) is 13.6.